The number of carbonyl (C=O) groups excluding carboxylic acids is 1. The lowest BCUT2D eigenvalue weighted by Crippen LogP contribution is -2.27. The van der Waals surface area contributed by atoms with Gasteiger partial charge in [-0.3, -0.25) is 4.79 Å². The summed E-state index contributed by atoms with van der Waals surface area (Å²) in [6.07, 6.45) is 1.05. The minimum absolute atomic E-state index is 0.0811. The summed E-state index contributed by atoms with van der Waals surface area (Å²) in [6, 6.07) is 6.32. The highest BCUT2D eigenvalue weighted by molar-refractivity contribution is 5.78. The SMILES string of the molecule is CC(C)OCCCNC(=O)Cc1ccccc1F. The number of hydrogen-bond donors (Lipinski definition) is 1. The van der Waals surface area contributed by atoms with Crippen LogP contribution in [0.3, 0.4) is 0 Å². The standard InChI is InChI=1S/C14H20FNO2/c1-11(2)18-9-5-8-16-14(17)10-12-6-3-4-7-13(12)15/h3-4,6-7,11H,5,8-10H2,1-2H3,(H,16,17). The van der Waals surface area contributed by atoms with Crippen molar-refractivity contribution in [2.45, 2.75) is 32.8 Å². The Kier molecular flexibility index (Phi) is 6.36. The molecular formula is C14H20FNO2. The highest BCUT2D eigenvalue weighted by Gasteiger charge is 2.06. The van der Waals surface area contributed by atoms with Gasteiger partial charge in [0.1, 0.15) is 5.82 Å². The van der Waals surface area contributed by atoms with Crippen molar-refractivity contribution in [1.82, 2.24) is 5.32 Å². The van der Waals surface area contributed by atoms with E-state index in [1.807, 2.05) is 13.8 Å². The molecule has 1 aromatic carbocycles. The second kappa shape index (κ2) is 7.82. The maximum absolute atomic E-state index is 13.3. The molecular weight excluding hydrogens is 233 g/mol. The predicted octanol–water partition coefficient (Wildman–Crippen LogP) is 2.30. The molecule has 4 heteroatoms. The molecule has 0 aliphatic carbocycles. The molecule has 0 spiro atoms. The van der Waals surface area contributed by atoms with Crippen LogP contribution >= 0.6 is 0 Å². The van der Waals surface area contributed by atoms with Gasteiger partial charge in [-0.05, 0) is 31.9 Å². The number of carbonyl (C=O) groups is 1. The van der Waals surface area contributed by atoms with Gasteiger partial charge in [-0.2, -0.15) is 0 Å². The van der Waals surface area contributed by atoms with Gasteiger partial charge < -0.3 is 10.1 Å². The molecule has 3 nitrogen and oxygen atoms in total. The van der Waals surface area contributed by atoms with Crippen molar-refractivity contribution in [3.63, 3.8) is 0 Å². The van der Waals surface area contributed by atoms with Crippen molar-refractivity contribution in [1.29, 1.82) is 0 Å². The first-order valence-corrected chi connectivity index (χ1v) is 6.21. The van der Waals surface area contributed by atoms with Crippen molar-refractivity contribution in [2.24, 2.45) is 0 Å². The van der Waals surface area contributed by atoms with Crippen molar-refractivity contribution >= 4 is 5.91 Å². The quantitative estimate of drug-likeness (QED) is 0.757. The van der Waals surface area contributed by atoms with E-state index in [-0.39, 0.29) is 24.2 Å². The Morgan fingerprint density at radius 3 is 2.78 bits per heavy atom. The average Bonchev–Trinajstić information content (AvgIpc) is 2.31. The smallest absolute Gasteiger partial charge is 0.224 e. The van der Waals surface area contributed by atoms with Crippen molar-refractivity contribution in [2.75, 3.05) is 13.2 Å². The van der Waals surface area contributed by atoms with Gasteiger partial charge in [0.25, 0.3) is 0 Å². The highest BCUT2D eigenvalue weighted by Crippen LogP contribution is 2.06. The lowest BCUT2D eigenvalue weighted by molar-refractivity contribution is -0.120. The molecule has 0 bridgehead atoms. The molecule has 0 unspecified atom stereocenters. The Hall–Kier alpha value is -1.42. The molecule has 0 fully saturated rings. The van der Waals surface area contributed by atoms with E-state index in [0.717, 1.165) is 6.42 Å². The maximum Gasteiger partial charge on any atom is 0.224 e. The Morgan fingerprint density at radius 1 is 1.39 bits per heavy atom. The summed E-state index contributed by atoms with van der Waals surface area (Å²) < 4.78 is 18.6. The molecule has 1 aromatic rings. The van der Waals surface area contributed by atoms with Crippen LogP contribution in [0.2, 0.25) is 0 Å². The van der Waals surface area contributed by atoms with Crippen LogP contribution in [0.5, 0.6) is 0 Å². The lowest BCUT2D eigenvalue weighted by atomic mass is 10.1. The van der Waals surface area contributed by atoms with Gasteiger partial charge in [0, 0.05) is 13.2 Å². The van der Waals surface area contributed by atoms with Crippen LogP contribution in [0.15, 0.2) is 24.3 Å². The average molecular weight is 253 g/mol. The van der Waals surface area contributed by atoms with Crippen LogP contribution in [-0.2, 0) is 16.0 Å². The number of nitrogens with one attached hydrogen (secondary N) is 1. The molecule has 0 heterocycles. The van der Waals surface area contributed by atoms with E-state index < -0.39 is 0 Å². The molecule has 0 aliphatic rings. The fraction of sp³-hybridized carbons (Fsp3) is 0.500. The zero-order valence-corrected chi connectivity index (χ0v) is 10.9. The Morgan fingerprint density at radius 2 is 2.11 bits per heavy atom. The number of rotatable bonds is 7. The molecule has 0 aromatic heterocycles. The third kappa shape index (κ3) is 5.77. The van der Waals surface area contributed by atoms with E-state index in [0.29, 0.717) is 18.7 Å². The fourth-order valence-corrected chi connectivity index (χ4v) is 1.50. The Labute approximate surface area is 107 Å². The third-order valence-electron chi connectivity index (χ3n) is 2.40. The largest absolute Gasteiger partial charge is 0.379 e. The minimum atomic E-state index is -0.337. The topological polar surface area (TPSA) is 38.3 Å². The highest BCUT2D eigenvalue weighted by atomic mass is 19.1. The summed E-state index contributed by atoms with van der Waals surface area (Å²) in [4.78, 5) is 11.5. The van der Waals surface area contributed by atoms with E-state index >= 15 is 0 Å². The van der Waals surface area contributed by atoms with E-state index in [1.165, 1.54) is 6.07 Å². The molecule has 100 valence electrons. The monoisotopic (exact) mass is 253 g/mol. The molecule has 0 saturated heterocycles. The summed E-state index contributed by atoms with van der Waals surface area (Å²) in [7, 11) is 0. The first-order chi connectivity index (χ1) is 8.59. The first-order valence-electron chi connectivity index (χ1n) is 6.21. The fourth-order valence-electron chi connectivity index (χ4n) is 1.50. The normalized spacial score (nSPS) is 10.7. The molecule has 0 radical (unpaired) electrons. The third-order valence-corrected chi connectivity index (χ3v) is 2.40. The van der Waals surface area contributed by atoms with Crippen LogP contribution < -0.4 is 5.32 Å². The summed E-state index contributed by atoms with van der Waals surface area (Å²) >= 11 is 0. The maximum atomic E-state index is 13.3. The van der Waals surface area contributed by atoms with Crippen LogP contribution in [0.4, 0.5) is 4.39 Å². The molecule has 0 aliphatic heterocycles. The number of amides is 1. The molecule has 1 rings (SSSR count). The number of ether oxygens (including phenoxy) is 1. The Bertz CT molecular complexity index is 380. The molecule has 0 atom stereocenters. The summed E-state index contributed by atoms with van der Waals surface area (Å²) in [6.45, 7) is 5.12. The van der Waals surface area contributed by atoms with Gasteiger partial charge in [0.2, 0.25) is 5.91 Å². The van der Waals surface area contributed by atoms with Crippen molar-refractivity contribution in [3.8, 4) is 0 Å². The minimum Gasteiger partial charge on any atom is -0.379 e. The van der Waals surface area contributed by atoms with Gasteiger partial charge in [-0.1, -0.05) is 18.2 Å². The predicted molar refractivity (Wildman–Crippen MR) is 68.8 cm³/mol. The molecule has 1 amide bonds. The number of benzene rings is 1. The summed E-state index contributed by atoms with van der Waals surface area (Å²) in [5.41, 5.74) is 0.424. The summed E-state index contributed by atoms with van der Waals surface area (Å²) in [5, 5.41) is 2.75. The van der Waals surface area contributed by atoms with E-state index in [1.54, 1.807) is 18.2 Å². The zero-order chi connectivity index (χ0) is 13.4. The molecule has 18 heavy (non-hydrogen) atoms. The first kappa shape index (κ1) is 14.6. The van der Waals surface area contributed by atoms with Crippen molar-refractivity contribution < 1.29 is 13.9 Å². The van der Waals surface area contributed by atoms with Gasteiger partial charge in [-0.15, -0.1) is 0 Å². The van der Waals surface area contributed by atoms with Crippen LogP contribution in [0.1, 0.15) is 25.8 Å². The summed E-state index contributed by atoms with van der Waals surface area (Å²) in [5.74, 6) is -0.500. The van der Waals surface area contributed by atoms with Crippen LogP contribution in [0, 0.1) is 5.82 Å². The molecule has 0 saturated carbocycles. The van der Waals surface area contributed by atoms with Gasteiger partial charge in [-0.25, -0.2) is 4.39 Å². The van der Waals surface area contributed by atoms with E-state index in [2.05, 4.69) is 5.32 Å². The molecule has 1 N–H and O–H groups in total. The van der Waals surface area contributed by atoms with Gasteiger partial charge >= 0.3 is 0 Å². The van der Waals surface area contributed by atoms with E-state index in [9.17, 15) is 9.18 Å². The zero-order valence-electron chi connectivity index (χ0n) is 10.9. The van der Waals surface area contributed by atoms with Gasteiger partial charge in [0.05, 0.1) is 12.5 Å². The second-order valence-corrected chi connectivity index (χ2v) is 4.39. The van der Waals surface area contributed by atoms with Crippen LogP contribution in [-0.4, -0.2) is 25.2 Å². The number of halogens is 1. The Balaban J connectivity index is 2.20. The van der Waals surface area contributed by atoms with E-state index in [4.69, 9.17) is 4.74 Å². The van der Waals surface area contributed by atoms with Crippen LogP contribution in [0.25, 0.3) is 0 Å². The van der Waals surface area contributed by atoms with Crippen molar-refractivity contribution in [3.05, 3.63) is 35.6 Å². The number of hydrogen-bond acceptors (Lipinski definition) is 2. The van der Waals surface area contributed by atoms with Gasteiger partial charge in [0.15, 0.2) is 0 Å². The lowest BCUT2D eigenvalue weighted by Gasteiger charge is -2.08. The second-order valence-electron chi connectivity index (χ2n) is 4.39.